The highest BCUT2D eigenvalue weighted by Crippen LogP contribution is 2.25. The zero-order valence-corrected chi connectivity index (χ0v) is 12.4. The Morgan fingerprint density at radius 3 is 2.95 bits per heavy atom. The van der Waals surface area contributed by atoms with Crippen LogP contribution in [0.15, 0.2) is 12.5 Å². The third-order valence-electron chi connectivity index (χ3n) is 4.28. The maximum Gasteiger partial charge on any atom is 0.160 e. The molecule has 0 spiro atoms. The van der Waals surface area contributed by atoms with Gasteiger partial charge in [0.2, 0.25) is 0 Å². The first-order chi connectivity index (χ1) is 10.3. The number of piperidine rings is 1. The first-order valence-corrected chi connectivity index (χ1v) is 7.49. The summed E-state index contributed by atoms with van der Waals surface area (Å²) in [7, 11) is 2.15. The van der Waals surface area contributed by atoms with Gasteiger partial charge in [0, 0.05) is 32.3 Å². The number of rotatable bonds is 5. The molecule has 2 N–H and O–H groups in total. The second-order valence-corrected chi connectivity index (χ2v) is 5.61. The first kappa shape index (κ1) is 14.2. The Balaban J connectivity index is 1.64. The zero-order valence-electron chi connectivity index (χ0n) is 12.4. The van der Waals surface area contributed by atoms with Gasteiger partial charge in [-0.1, -0.05) is 0 Å². The minimum Gasteiger partial charge on any atom is -0.396 e. The molecule has 0 aliphatic carbocycles. The lowest BCUT2D eigenvalue weighted by atomic mass is 10.0. The van der Waals surface area contributed by atoms with Gasteiger partial charge >= 0.3 is 0 Å². The van der Waals surface area contributed by atoms with E-state index in [1.165, 1.54) is 0 Å². The Labute approximate surface area is 124 Å². The molecule has 0 radical (unpaired) electrons. The van der Waals surface area contributed by atoms with Gasteiger partial charge in [-0.05, 0) is 26.3 Å². The van der Waals surface area contributed by atoms with Crippen molar-refractivity contribution in [1.29, 1.82) is 0 Å². The number of nitrogens with zero attached hydrogens (tertiary/aromatic N) is 5. The van der Waals surface area contributed by atoms with Crippen LogP contribution in [0, 0.1) is 0 Å². The molecule has 2 aromatic heterocycles. The van der Waals surface area contributed by atoms with Gasteiger partial charge in [0.25, 0.3) is 0 Å². The van der Waals surface area contributed by atoms with Crippen LogP contribution in [0.1, 0.15) is 19.3 Å². The van der Waals surface area contributed by atoms with Crippen LogP contribution in [0.4, 0.5) is 5.82 Å². The maximum absolute atomic E-state index is 8.93. The molecule has 21 heavy (non-hydrogen) atoms. The molecule has 7 nitrogen and oxygen atoms in total. The average molecular weight is 290 g/mol. The van der Waals surface area contributed by atoms with Crippen molar-refractivity contribution in [2.75, 3.05) is 38.2 Å². The minimum absolute atomic E-state index is 0.266. The van der Waals surface area contributed by atoms with Crippen molar-refractivity contribution in [1.82, 2.24) is 25.1 Å². The number of aromatic nitrogens is 4. The molecule has 0 bridgehead atoms. The minimum atomic E-state index is 0.266. The van der Waals surface area contributed by atoms with Crippen molar-refractivity contribution in [2.24, 2.45) is 0 Å². The molecule has 3 rings (SSSR count). The number of hydrogen-bond acceptors (Lipinski definition) is 6. The van der Waals surface area contributed by atoms with Crippen molar-refractivity contribution < 1.29 is 5.11 Å². The van der Waals surface area contributed by atoms with Crippen molar-refractivity contribution in [3.8, 4) is 0 Å². The fourth-order valence-corrected chi connectivity index (χ4v) is 3.03. The molecule has 1 fully saturated rings. The summed E-state index contributed by atoms with van der Waals surface area (Å²) in [5.41, 5.74) is 0.794. The van der Waals surface area contributed by atoms with E-state index in [1.54, 1.807) is 12.5 Å². The standard InChI is InChI=1S/C14H22N6O/c1-19(5-2-8-21)11-3-6-20(7-4-11)14-12-9-17-18-13(12)15-10-16-14/h9-11,21H,2-8H2,1H3,(H,15,16,17,18). The van der Waals surface area contributed by atoms with Crippen LogP contribution in [0.5, 0.6) is 0 Å². The van der Waals surface area contributed by atoms with Crippen molar-refractivity contribution in [2.45, 2.75) is 25.3 Å². The molecular formula is C14H22N6O. The molecule has 7 heteroatoms. The maximum atomic E-state index is 8.93. The van der Waals surface area contributed by atoms with Gasteiger partial charge in [-0.3, -0.25) is 5.10 Å². The van der Waals surface area contributed by atoms with Gasteiger partial charge in [0.05, 0.1) is 11.6 Å². The molecule has 0 saturated carbocycles. The van der Waals surface area contributed by atoms with E-state index in [1.807, 2.05) is 0 Å². The Bertz CT molecular complexity index is 578. The van der Waals surface area contributed by atoms with Gasteiger partial charge in [-0.15, -0.1) is 0 Å². The normalized spacial score (nSPS) is 17.0. The first-order valence-electron chi connectivity index (χ1n) is 7.49. The largest absolute Gasteiger partial charge is 0.396 e. The van der Waals surface area contributed by atoms with Gasteiger partial charge in [-0.2, -0.15) is 5.10 Å². The van der Waals surface area contributed by atoms with Gasteiger partial charge in [0.1, 0.15) is 12.1 Å². The van der Waals surface area contributed by atoms with Crippen LogP contribution in [-0.4, -0.2) is 69.5 Å². The lowest BCUT2D eigenvalue weighted by Crippen LogP contribution is -2.44. The van der Waals surface area contributed by atoms with Crippen molar-refractivity contribution in [3.63, 3.8) is 0 Å². The van der Waals surface area contributed by atoms with Crippen LogP contribution >= 0.6 is 0 Å². The second kappa shape index (κ2) is 6.36. The van der Waals surface area contributed by atoms with Crippen molar-refractivity contribution >= 4 is 16.9 Å². The summed E-state index contributed by atoms with van der Waals surface area (Å²) in [4.78, 5) is 13.3. The zero-order chi connectivity index (χ0) is 14.7. The number of aliphatic hydroxyl groups excluding tert-OH is 1. The Morgan fingerprint density at radius 1 is 1.38 bits per heavy atom. The fraction of sp³-hybridized carbons (Fsp3) is 0.643. The van der Waals surface area contributed by atoms with E-state index in [-0.39, 0.29) is 6.61 Å². The van der Waals surface area contributed by atoms with Crippen molar-refractivity contribution in [3.05, 3.63) is 12.5 Å². The molecule has 0 amide bonds. The monoisotopic (exact) mass is 290 g/mol. The van der Waals surface area contributed by atoms with Crippen LogP contribution in [0.25, 0.3) is 11.0 Å². The SMILES string of the molecule is CN(CCCO)C1CCN(c2ncnc3[nH]ncc23)CC1. The average Bonchev–Trinajstić information content (AvgIpc) is 3.01. The fourth-order valence-electron chi connectivity index (χ4n) is 3.03. The lowest BCUT2D eigenvalue weighted by Gasteiger charge is -2.37. The number of H-pyrrole nitrogens is 1. The molecule has 0 unspecified atom stereocenters. The number of nitrogens with one attached hydrogen (secondary N) is 1. The lowest BCUT2D eigenvalue weighted by molar-refractivity contribution is 0.184. The van der Waals surface area contributed by atoms with E-state index in [2.05, 4.69) is 37.0 Å². The number of hydrogen-bond donors (Lipinski definition) is 2. The third-order valence-corrected chi connectivity index (χ3v) is 4.28. The smallest absolute Gasteiger partial charge is 0.160 e. The van der Waals surface area contributed by atoms with Gasteiger partial charge < -0.3 is 14.9 Å². The molecule has 114 valence electrons. The quantitative estimate of drug-likeness (QED) is 0.841. The van der Waals surface area contributed by atoms with Crippen LogP contribution < -0.4 is 4.90 Å². The van der Waals surface area contributed by atoms with E-state index >= 15 is 0 Å². The van der Waals surface area contributed by atoms with Gasteiger partial charge in [-0.25, -0.2) is 9.97 Å². The number of aromatic amines is 1. The summed E-state index contributed by atoms with van der Waals surface area (Å²) in [6.45, 7) is 3.21. The highest BCUT2D eigenvalue weighted by atomic mass is 16.3. The summed E-state index contributed by atoms with van der Waals surface area (Å²) in [6.07, 6.45) is 6.47. The molecule has 0 atom stereocenters. The predicted octanol–water partition coefficient (Wildman–Crippen LogP) is 0.636. The van der Waals surface area contributed by atoms with E-state index in [0.29, 0.717) is 6.04 Å². The summed E-state index contributed by atoms with van der Waals surface area (Å²) in [6, 6.07) is 0.592. The van der Waals surface area contributed by atoms with E-state index in [9.17, 15) is 0 Å². The summed E-state index contributed by atoms with van der Waals surface area (Å²) in [5.74, 6) is 0.977. The summed E-state index contributed by atoms with van der Waals surface area (Å²) >= 11 is 0. The van der Waals surface area contributed by atoms with Crippen LogP contribution in [0.2, 0.25) is 0 Å². The van der Waals surface area contributed by atoms with E-state index < -0.39 is 0 Å². The molecule has 0 aromatic carbocycles. The molecule has 1 saturated heterocycles. The predicted molar refractivity (Wildman–Crippen MR) is 81.3 cm³/mol. The Morgan fingerprint density at radius 2 is 2.19 bits per heavy atom. The number of aliphatic hydroxyl groups is 1. The number of fused-ring (bicyclic) bond motifs is 1. The molecule has 2 aromatic rings. The van der Waals surface area contributed by atoms with E-state index in [0.717, 1.165) is 55.7 Å². The molecule has 1 aliphatic heterocycles. The third kappa shape index (κ3) is 2.98. The Hall–Kier alpha value is -1.73. The number of anilines is 1. The molecule has 3 heterocycles. The Kier molecular flexibility index (Phi) is 4.31. The highest BCUT2D eigenvalue weighted by Gasteiger charge is 2.24. The molecule has 1 aliphatic rings. The van der Waals surface area contributed by atoms with E-state index in [4.69, 9.17) is 5.11 Å². The highest BCUT2D eigenvalue weighted by molar-refractivity contribution is 5.86. The topological polar surface area (TPSA) is 81.2 Å². The second-order valence-electron chi connectivity index (χ2n) is 5.61. The van der Waals surface area contributed by atoms with Gasteiger partial charge in [0.15, 0.2) is 5.65 Å². The van der Waals surface area contributed by atoms with Crippen LogP contribution in [0.3, 0.4) is 0 Å². The van der Waals surface area contributed by atoms with Crippen LogP contribution in [-0.2, 0) is 0 Å². The summed E-state index contributed by atoms with van der Waals surface area (Å²) < 4.78 is 0. The molecular weight excluding hydrogens is 268 g/mol. The summed E-state index contributed by atoms with van der Waals surface area (Å²) in [5, 5.41) is 16.9.